The summed E-state index contributed by atoms with van der Waals surface area (Å²) in [6.45, 7) is 0.946. The highest BCUT2D eigenvalue weighted by Crippen LogP contribution is 2.26. The van der Waals surface area contributed by atoms with Crippen molar-refractivity contribution in [3.05, 3.63) is 70.7 Å². The van der Waals surface area contributed by atoms with Crippen LogP contribution in [0, 0.1) is 5.82 Å². The van der Waals surface area contributed by atoms with Gasteiger partial charge in [-0.05, 0) is 41.4 Å². The van der Waals surface area contributed by atoms with Gasteiger partial charge in [0, 0.05) is 17.1 Å². The van der Waals surface area contributed by atoms with E-state index in [0.717, 1.165) is 0 Å². The number of nitrogens with one attached hydrogen (secondary N) is 1. The second-order valence-corrected chi connectivity index (χ2v) is 8.25. The Kier molecular flexibility index (Phi) is 10.2. The molecule has 0 aliphatic carbocycles. The highest BCUT2D eigenvalue weighted by Gasteiger charge is 2.28. The molecule has 3 N–H and O–H groups in total. The number of methoxy groups -OCH3 is 1. The van der Waals surface area contributed by atoms with Crippen molar-refractivity contribution in [1.82, 2.24) is 15.6 Å². The van der Waals surface area contributed by atoms with Crippen molar-refractivity contribution in [3.8, 4) is 17.0 Å². The molecule has 3 aromatic rings. The van der Waals surface area contributed by atoms with Crippen LogP contribution in [0.5, 0.6) is 5.88 Å². The summed E-state index contributed by atoms with van der Waals surface area (Å²) in [7, 11) is 1.36. The standard InChI is InChI=1S/C25H26ClFN4O7/c1-3-36-25(34)21(37-23(32)12-28)14-31(29-24(33)20-11-22(35-2)30-38-20)13-15-4-6-16(7-5-15)18-10-17(26)8-9-19(18)27/h4-11,21H,3,12-14,28H2,1-2H3,(H,29,33). The predicted molar refractivity (Wildman–Crippen MR) is 133 cm³/mol. The third-order valence-electron chi connectivity index (χ3n) is 5.12. The Morgan fingerprint density at radius 3 is 2.55 bits per heavy atom. The van der Waals surface area contributed by atoms with E-state index in [2.05, 4.69) is 10.6 Å². The van der Waals surface area contributed by atoms with E-state index in [9.17, 15) is 18.8 Å². The molecule has 202 valence electrons. The predicted octanol–water partition coefficient (Wildman–Crippen LogP) is 2.72. The normalized spacial score (nSPS) is 11.6. The first-order valence-electron chi connectivity index (χ1n) is 11.4. The number of hydrogen-bond donors (Lipinski definition) is 2. The molecule has 0 saturated carbocycles. The van der Waals surface area contributed by atoms with Crippen LogP contribution in [-0.2, 0) is 25.6 Å². The lowest BCUT2D eigenvalue weighted by molar-refractivity contribution is -0.168. The molecule has 0 aliphatic rings. The summed E-state index contributed by atoms with van der Waals surface area (Å²) in [4.78, 5) is 37.1. The van der Waals surface area contributed by atoms with Crippen LogP contribution in [0.3, 0.4) is 0 Å². The zero-order chi connectivity index (χ0) is 27.7. The lowest BCUT2D eigenvalue weighted by atomic mass is 10.0. The lowest BCUT2D eigenvalue weighted by Gasteiger charge is -2.26. The van der Waals surface area contributed by atoms with Gasteiger partial charge < -0.3 is 24.5 Å². The van der Waals surface area contributed by atoms with Gasteiger partial charge >= 0.3 is 17.8 Å². The molecule has 1 atom stereocenters. The van der Waals surface area contributed by atoms with E-state index in [4.69, 9.17) is 36.1 Å². The fourth-order valence-electron chi connectivity index (χ4n) is 3.34. The summed E-state index contributed by atoms with van der Waals surface area (Å²) in [5.74, 6) is -2.86. The van der Waals surface area contributed by atoms with Gasteiger partial charge in [-0.15, -0.1) is 0 Å². The van der Waals surface area contributed by atoms with Crippen molar-refractivity contribution >= 4 is 29.4 Å². The van der Waals surface area contributed by atoms with Gasteiger partial charge in [-0.3, -0.25) is 15.0 Å². The van der Waals surface area contributed by atoms with Crippen molar-refractivity contribution in [2.24, 2.45) is 5.73 Å². The highest BCUT2D eigenvalue weighted by molar-refractivity contribution is 6.30. The van der Waals surface area contributed by atoms with E-state index < -0.39 is 36.3 Å². The van der Waals surface area contributed by atoms with Gasteiger partial charge in [-0.2, -0.15) is 0 Å². The summed E-state index contributed by atoms with van der Waals surface area (Å²) in [5.41, 5.74) is 9.50. The van der Waals surface area contributed by atoms with Crippen LogP contribution in [0.4, 0.5) is 4.39 Å². The molecule has 3 rings (SSSR count). The molecule has 1 amide bonds. The summed E-state index contributed by atoms with van der Waals surface area (Å²) in [6.07, 6.45) is -1.39. The van der Waals surface area contributed by atoms with E-state index in [0.29, 0.717) is 21.7 Å². The molecule has 11 nitrogen and oxygen atoms in total. The van der Waals surface area contributed by atoms with Crippen molar-refractivity contribution in [2.75, 3.05) is 26.8 Å². The summed E-state index contributed by atoms with van der Waals surface area (Å²) in [5, 5.41) is 5.31. The van der Waals surface area contributed by atoms with Crippen LogP contribution < -0.4 is 15.9 Å². The molecule has 38 heavy (non-hydrogen) atoms. The molecule has 0 radical (unpaired) electrons. The second kappa shape index (κ2) is 13.5. The smallest absolute Gasteiger partial charge is 0.348 e. The number of amides is 1. The van der Waals surface area contributed by atoms with Gasteiger partial charge in [-0.25, -0.2) is 14.2 Å². The van der Waals surface area contributed by atoms with E-state index in [-0.39, 0.29) is 31.3 Å². The SMILES string of the molecule is CCOC(=O)C(CN(Cc1ccc(-c2cc(Cl)ccc2F)cc1)NC(=O)c1cc(OC)no1)OC(=O)CN. The number of halogens is 2. The van der Waals surface area contributed by atoms with E-state index >= 15 is 0 Å². The van der Waals surface area contributed by atoms with Crippen molar-refractivity contribution in [2.45, 2.75) is 19.6 Å². The Balaban J connectivity index is 1.85. The number of carbonyl (C=O) groups excluding carboxylic acids is 3. The molecule has 0 fully saturated rings. The van der Waals surface area contributed by atoms with Gasteiger partial charge in [0.25, 0.3) is 5.88 Å². The Bertz CT molecular complexity index is 1270. The second-order valence-electron chi connectivity index (χ2n) is 7.81. The van der Waals surface area contributed by atoms with E-state index in [1.807, 2.05) is 0 Å². The number of hydrogen-bond acceptors (Lipinski definition) is 10. The average Bonchev–Trinajstić information content (AvgIpc) is 3.40. The van der Waals surface area contributed by atoms with E-state index in [1.54, 1.807) is 31.2 Å². The molecule has 0 saturated heterocycles. The summed E-state index contributed by atoms with van der Waals surface area (Å²) in [6, 6.07) is 12.3. The Hall–Kier alpha value is -4.00. The zero-order valence-electron chi connectivity index (χ0n) is 20.6. The van der Waals surface area contributed by atoms with Gasteiger partial charge in [0.1, 0.15) is 5.82 Å². The third kappa shape index (κ3) is 7.75. The average molecular weight is 549 g/mol. The van der Waals surface area contributed by atoms with Crippen LogP contribution in [0.15, 0.2) is 53.1 Å². The summed E-state index contributed by atoms with van der Waals surface area (Å²) >= 11 is 6.00. The van der Waals surface area contributed by atoms with Crippen LogP contribution in [0.2, 0.25) is 5.02 Å². The zero-order valence-corrected chi connectivity index (χ0v) is 21.4. The monoisotopic (exact) mass is 548 g/mol. The van der Waals surface area contributed by atoms with E-state index in [1.165, 1.54) is 36.4 Å². The van der Waals surface area contributed by atoms with Gasteiger partial charge in [0.15, 0.2) is 0 Å². The van der Waals surface area contributed by atoms with Crippen LogP contribution in [-0.4, -0.2) is 60.9 Å². The number of carbonyl (C=O) groups is 3. The van der Waals surface area contributed by atoms with Gasteiger partial charge in [-0.1, -0.05) is 35.9 Å². The number of ether oxygens (including phenoxy) is 3. The number of nitrogens with zero attached hydrogens (tertiary/aromatic N) is 2. The molecule has 0 spiro atoms. The molecule has 2 aromatic carbocycles. The highest BCUT2D eigenvalue weighted by atomic mass is 35.5. The molecular formula is C25H26ClFN4O7. The fraction of sp³-hybridized carbons (Fsp3) is 0.280. The first-order valence-corrected chi connectivity index (χ1v) is 11.8. The molecular weight excluding hydrogens is 523 g/mol. The largest absolute Gasteiger partial charge is 0.479 e. The topological polar surface area (TPSA) is 146 Å². The molecule has 0 aliphatic heterocycles. The Morgan fingerprint density at radius 1 is 1.18 bits per heavy atom. The number of rotatable bonds is 12. The number of aromatic nitrogens is 1. The first kappa shape index (κ1) is 28.6. The third-order valence-corrected chi connectivity index (χ3v) is 5.36. The molecule has 1 aromatic heterocycles. The van der Waals surface area contributed by atoms with Crippen molar-refractivity contribution in [1.29, 1.82) is 0 Å². The van der Waals surface area contributed by atoms with Crippen LogP contribution >= 0.6 is 11.6 Å². The molecule has 13 heteroatoms. The summed E-state index contributed by atoms with van der Waals surface area (Å²) < 4.78 is 34.3. The Morgan fingerprint density at radius 2 is 1.92 bits per heavy atom. The van der Waals surface area contributed by atoms with Gasteiger partial charge in [0.2, 0.25) is 11.9 Å². The fourth-order valence-corrected chi connectivity index (χ4v) is 3.51. The minimum atomic E-state index is -1.39. The number of benzene rings is 2. The first-order chi connectivity index (χ1) is 18.2. The Labute approximate surface area is 222 Å². The molecule has 1 heterocycles. The van der Waals surface area contributed by atoms with Crippen molar-refractivity contribution in [3.63, 3.8) is 0 Å². The van der Waals surface area contributed by atoms with Crippen LogP contribution in [0.25, 0.3) is 11.1 Å². The number of hydrazine groups is 1. The lowest BCUT2D eigenvalue weighted by Crippen LogP contribution is -2.49. The molecule has 0 bridgehead atoms. The number of esters is 2. The van der Waals surface area contributed by atoms with Gasteiger partial charge in [0.05, 0.1) is 32.9 Å². The maximum Gasteiger partial charge on any atom is 0.348 e. The van der Waals surface area contributed by atoms with Crippen molar-refractivity contribution < 1.29 is 37.5 Å². The quantitative estimate of drug-likeness (QED) is 0.256. The minimum absolute atomic E-state index is 0.0429. The maximum atomic E-state index is 14.3. The molecule has 1 unspecified atom stereocenters. The van der Waals surface area contributed by atoms with Crippen LogP contribution in [0.1, 0.15) is 23.0 Å². The number of nitrogens with two attached hydrogens (primary N) is 1. The minimum Gasteiger partial charge on any atom is -0.479 e. The maximum absolute atomic E-state index is 14.3.